The standard InChI is InChI=1S/C15H24N4O2S/c1-12-10-14(18(2)13-6-9-22(20,21)11-13)17-15(16-12)19-7-4-3-5-8-19/h10,13H,3-9,11H2,1-2H3. The topological polar surface area (TPSA) is 66.4 Å². The largest absolute Gasteiger partial charge is 0.355 e. The van der Waals surface area contributed by atoms with Crippen LogP contribution in [0.3, 0.4) is 0 Å². The van der Waals surface area contributed by atoms with Gasteiger partial charge in [-0.3, -0.25) is 0 Å². The Balaban J connectivity index is 1.82. The second-order valence-corrected chi connectivity index (χ2v) is 8.61. The van der Waals surface area contributed by atoms with Crippen LogP contribution >= 0.6 is 0 Å². The Kier molecular flexibility index (Phi) is 4.25. The van der Waals surface area contributed by atoms with Crippen molar-refractivity contribution < 1.29 is 8.42 Å². The zero-order chi connectivity index (χ0) is 15.7. The van der Waals surface area contributed by atoms with Crippen molar-refractivity contribution in [1.82, 2.24) is 9.97 Å². The lowest BCUT2D eigenvalue weighted by Gasteiger charge is -2.29. The van der Waals surface area contributed by atoms with Gasteiger partial charge in [-0.1, -0.05) is 0 Å². The number of piperidine rings is 1. The van der Waals surface area contributed by atoms with Crippen LogP contribution in [0.15, 0.2) is 6.07 Å². The summed E-state index contributed by atoms with van der Waals surface area (Å²) >= 11 is 0. The first-order valence-corrected chi connectivity index (χ1v) is 9.81. The molecule has 3 heterocycles. The third kappa shape index (κ3) is 3.34. The SMILES string of the molecule is Cc1cc(N(C)C2CCS(=O)(=O)C2)nc(N2CCCCC2)n1. The highest BCUT2D eigenvalue weighted by atomic mass is 32.2. The molecule has 1 atom stereocenters. The van der Waals surface area contributed by atoms with Gasteiger partial charge in [-0.15, -0.1) is 0 Å². The summed E-state index contributed by atoms with van der Waals surface area (Å²) in [6.45, 7) is 3.98. The number of nitrogens with zero attached hydrogens (tertiary/aromatic N) is 4. The predicted octanol–water partition coefficient (Wildman–Crippen LogP) is 1.40. The molecule has 2 aliphatic rings. The Morgan fingerprint density at radius 1 is 1.23 bits per heavy atom. The van der Waals surface area contributed by atoms with E-state index in [0.29, 0.717) is 6.42 Å². The second-order valence-electron chi connectivity index (χ2n) is 6.38. The monoisotopic (exact) mass is 324 g/mol. The summed E-state index contributed by atoms with van der Waals surface area (Å²) in [6, 6.07) is 1.96. The molecule has 0 N–H and O–H groups in total. The van der Waals surface area contributed by atoms with E-state index in [1.54, 1.807) is 0 Å². The molecule has 1 aromatic heterocycles. The summed E-state index contributed by atoms with van der Waals surface area (Å²) in [5, 5.41) is 0. The van der Waals surface area contributed by atoms with E-state index < -0.39 is 9.84 Å². The van der Waals surface area contributed by atoms with Crippen molar-refractivity contribution in [2.24, 2.45) is 0 Å². The quantitative estimate of drug-likeness (QED) is 0.837. The molecule has 6 nitrogen and oxygen atoms in total. The summed E-state index contributed by atoms with van der Waals surface area (Å²) in [5.74, 6) is 2.12. The lowest BCUT2D eigenvalue weighted by atomic mass is 10.1. The Morgan fingerprint density at radius 2 is 1.95 bits per heavy atom. The van der Waals surface area contributed by atoms with Crippen LogP contribution in [0, 0.1) is 6.92 Å². The van der Waals surface area contributed by atoms with Crippen LogP contribution in [0.25, 0.3) is 0 Å². The maximum absolute atomic E-state index is 11.7. The van der Waals surface area contributed by atoms with Crippen LogP contribution in [-0.2, 0) is 9.84 Å². The van der Waals surface area contributed by atoms with Gasteiger partial charge in [0.15, 0.2) is 9.84 Å². The van der Waals surface area contributed by atoms with Crippen LogP contribution in [0.2, 0.25) is 0 Å². The first-order chi connectivity index (χ1) is 10.4. The molecule has 2 saturated heterocycles. The molecule has 2 aliphatic heterocycles. The first-order valence-electron chi connectivity index (χ1n) is 7.98. The van der Waals surface area contributed by atoms with Crippen LogP contribution in [0.1, 0.15) is 31.4 Å². The lowest BCUT2D eigenvalue weighted by Crippen LogP contribution is -2.35. The molecule has 0 aromatic carbocycles. The van der Waals surface area contributed by atoms with Crippen molar-refractivity contribution in [3.8, 4) is 0 Å². The van der Waals surface area contributed by atoms with Crippen molar-refractivity contribution in [2.75, 3.05) is 41.4 Å². The molecule has 122 valence electrons. The minimum absolute atomic E-state index is 0.0218. The molecule has 0 radical (unpaired) electrons. The fourth-order valence-corrected chi connectivity index (χ4v) is 4.99. The molecule has 2 fully saturated rings. The summed E-state index contributed by atoms with van der Waals surface area (Å²) in [5.41, 5.74) is 0.929. The predicted molar refractivity (Wildman–Crippen MR) is 88.3 cm³/mol. The molecule has 7 heteroatoms. The average molecular weight is 324 g/mol. The normalized spacial score (nSPS) is 24.5. The Morgan fingerprint density at radius 3 is 2.59 bits per heavy atom. The van der Waals surface area contributed by atoms with E-state index in [1.807, 2.05) is 24.9 Å². The van der Waals surface area contributed by atoms with Gasteiger partial charge in [0, 0.05) is 37.9 Å². The maximum atomic E-state index is 11.7. The highest BCUT2D eigenvalue weighted by Gasteiger charge is 2.31. The van der Waals surface area contributed by atoms with Crippen LogP contribution in [0.4, 0.5) is 11.8 Å². The number of sulfone groups is 1. The van der Waals surface area contributed by atoms with Gasteiger partial charge in [-0.2, -0.15) is 4.98 Å². The molecule has 0 aliphatic carbocycles. The zero-order valence-electron chi connectivity index (χ0n) is 13.3. The number of hydrogen-bond acceptors (Lipinski definition) is 6. The summed E-state index contributed by atoms with van der Waals surface area (Å²) in [6.07, 6.45) is 4.32. The van der Waals surface area contributed by atoms with Crippen molar-refractivity contribution in [2.45, 2.75) is 38.6 Å². The van der Waals surface area contributed by atoms with Crippen molar-refractivity contribution in [1.29, 1.82) is 0 Å². The van der Waals surface area contributed by atoms with E-state index in [4.69, 9.17) is 4.98 Å². The number of rotatable bonds is 3. The van der Waals surface area contributed by atoms with Crippen LogP contribution in [-0.4, -0.2) is 56.1 Å². The number of aryl methyl sites for hydroxylation is 1. The van der Waals surface area contributed by atoms with E-state index in [2.05, 4.69) is 9.88 Å². The molecule has 0 bridgehead atoms. The van der Waals surface area contributed by atoms with E-state index >= 15 is 0 Å². The Bertz CT molecular complexity index is 641. The highest BCUT2D eigenvalue weighted by Crippen LogP contribution is 2.24. The molecule has 3 rings (SSSR count). The van der Waals surface area contributed by atoms with E-state index in [-0.39, 0.29) is 17.5 Å². The second kappa shape index (κ2) is 6.02. The smallest absolute Gasteiger partial charge is 0.227 e. The van der Waals surface area contributed by atoms with Gasteiger partial charge in [0.25, 0.3) is 0 Å². The third-order valence-electron chi connectivity index (χ3n) is 4.59. The Labute approximate surface area is 132 Å². The molecule has 22 heavy (non-hydrogen) atoms. The first kappa shape index (κ1) is 15.5. The molecule has 1 unspecified atom stereocenters. The minimum Gasteiger partial charge on any atom is -0.355 e. The van der Waals surface area contributed by atoms with Crippen LogP contribution < -0.4 is 9.80 Å². The van der Waals surface area contributed by atoms with E-state index in [1.165, 1.54) is 19.3 Å². The van der Waals surface area contributed by atoms with Gasteiger partial charge in [0.2, 0.25) is 5.95 Å². The molecule has 0 saturated carbocycles. The Hall–Kier alpha value is -1.37. The fourth-order valence-electron chi connectivity index (χ4n) is 3.22. The molecule has 0 amide bonds. The van der Waals surface area contributed by atoms with Gasteiger partial charge >= 0.3 is 0 Å². The molecular weight excluding hydrogens is 300 g/mol. The van der Waals surface area contributed by atoms with Gasteiger partial charge in [-0.05, 0) is 32.6 Å². The van der Waals surface area contributed by atoms with Crippen LogP contribution in [0.5, 0.6) is 0 Å². The lowest BCUT2D eigenvalue weighted by molar-refractivity contribution is 0.567. The third-order valence-corrected chi connectivity index (χ3v) is 6.34. The zero-order valence-corrected chi connectivity index (χ0v) is 14.1. The van der Waals surface area contributed by atoms with Crippen molar-refractivity contribution in [3.05, 3.63) is 11.8 Å². The van der Waals surface area contributed by atoms with Crippen molar-refractivity contribution >= 4 is 21.6 Å². The number of anilines is 2. The van der Waals surface area contributed by atoms with Gasteiger partial charge in [-0.25, -0.2) is 13.4 Å². The van der Waals surface area contributed by atoms with E-state index in [0.717, 1.165) is 30.5 Å². The molecule has 1 aromatic rings. The van der Waals surface area contributed by atoms with E-state index in [9.17, 15) is 8.42 Å². The molecule has 0 spiro atoms. The van der Waals surface area contributed by atoms with Gasteiger partial charge < -0.3 is 9.80 Å². The average Bonchev–Trinajstić information content (AvgIpc) is 2.87. The van der Waals surface area contributed by atoms with Gasteiger partial charge in [0.1, 0.15) is 5.82 Å². The fraction of sp³-hybridized carbons (Fsp3) is 0.733. The van der Waals surface area contributed by atoms with Gasteiger partial charge in [0.05, 0.1) is 11.5 Å². The number of aromatic nitrogens is 2. The summed E-state index contributed by atoms with van der Waals surface area (Å²) in [4.78, 5) is 13.5. The maximum Gasteiger partial charge on any atom is 0.227 e. The summed E-state index contributed by atoms with van der Waals surface area (Å²) < 4.78 is 23.4. The highest BCUT2D eigenvalue weighted by molar-refractivity contribution is 7.91. The van der Waals surface area contributed by atoms with Crippen molar-refractivity contribution in [3.63, 3.8) is 0 Å². The molecular formula is C15H24N4O2S. The summed E-state index contributed by atoms with van der Waals surface area (Å²) in [7, 11) is -0.947. The minimum atomic E-state index is -2.88. The number of hydrogen-bond donors (Lipinski definition) is 0.